The Morgan fingerprint density at radius 1 is 1.20 bits per heavy atom. The summed E-state index contributed by atoms with van der Waals surface area (Å²) >= 11 is 0. The van der Waals surface area contributed by atoms with Crippen LogP contribution in [0.4, 0.5) is 5.69 Å². The van der Waals surface area contributed by atoms with Crippen molar-refractivity contribution in [1.29, 1.82) is 0 Å². The first kappa shape index (κ1) is 16.2. The van der Waals surface area contributed by atoms with Crippen LogP contribution in [-0.4, -0.2) is 44.1 Å². The molecule has 2 atom stereocenters. The second-order valence-electron chi connectivity index (χ2n) is 7.16. The number of carbonyl (C=O) groups is 1. The van der Waals surface area contributed by atoms with Crippen molar-refractivity contribution in [2.75, 3.05) is 32.1 Å². The highest BCUT2D eigenvalue weighted by atomic mass is 16.5. The topological polar surface area (TPSA) is 32.8 Å². The van der Waals surface area contributed by atoms with Gasteiger partial charge in [0, 0.05) is 24.2 Å². The fourth-order valence-corrected chi connectivity index (χ4v) is 4.30. The molecule has 0 aromatic heterocycles. The predicted octanol–water partition coefficient (Wildman–Crippen LogP) is 3.45. The Morgan fingerprint density at radius 2 is 2.00 bits per heavy atom. The van der Waals surface area contributed by atoms with E-state index < -0.39 is 0 Å². The molecular formula is C21H24N2O2. The van der Waals surface area contributed by atoms with Crippen molar-refractivity contribution < 1.29 is 9.53 Å². The summed E-state index contributed by atoms with van der Waals surface area (Å²) in [6, 6.07) is 14.2. The molecule has 1 fully saturated rings. The van der Waals surface area contributed by atoms with Crippen LogP contribution in [-0.2, 0) is 0 Å². The van der Waals surface area contributed by atoms with Gasteiger partial charge < -0.3 is 14.5 Å². The average Bonchev–Trinajstić information content (AvgIpc) is 2.94. The highest BCUT2D eigenvalue weighted by molar-refractivity contribution is 6.09. The number of hydrogen-bond donors (Lipinski definition) is 0. The molecule has 0 N–H and O–H groups in total. The van der Waals surface area contributed by atoms with E-state index in [9.17, 15) is 4.79 Å². The molecule has 2 heterocycles. The molecule has 1 amide bonds. The van der Waals surface area contributed by atoms with Gasteiger partial charge in [-0.05, 0) is 50.7 Å². The Kier molecular flexibility index (Phi) is 4.00. The number of anilines is 1. The van der Waals surface area contributed by atoms with Crippen LogP contribution in [0.1, 0.15) is 33.8 Å². The molecule has 0 bridgehead atoms. The first-order valence-electron chi connectivity index (χ1n) is 8.86. The summed E-state index contributed by atoms with van der Waals surface area (Å²) in [4.78, 5) is 17.8. The predicted molar refractivity (Wildman–Crippen MR) is 99.6 cm³/mol. The first-order chi connectivity index (χ1) is 12.1. The van der Waals surface area contributed by atoms with Gasteiger partial charge in [-0.3, -0.25) is 4.79 Å². The second kappa shape index (κ2) is 6.19. The van der Waals surface area contributed by atoms with Crippen LogP contribution in [0.15, 0.2) is 42.5 Å². The van der Waals surface area contributed by atoms with Crippen LogP contribution in [0.2, 0.25) is 0 Å². The van der Waals surface area contributed by atoms with Crippen LogP contribution < -0.4 is 9.64 Å². The summed E-state index contributed by atoms with van der Waals surface area (Å²) in [6.07, 6.45) is 0.996. The SMILES string of the molecule is COc1ccccc1C(=O)N1c2ccc(C)cc2[C@@H]2CN(C)CC[C@@H]21. The van der Waals surface area contributed by atoms with Crippen molar-refractivity contribution >= 4 is 11.6 Å². The molecule has 130 valence electrons. The second-order valence-corrected chi connectivity index (χ2v) is 7.16. The Bertz CT molecular complexity index is 817. The Hall–Kier alpha value is -2.33. The number of likely N-dealkylation sites (tertiary alicyclic amines) is 1. The third-order valence-electron chi connectivity index (χ3n) is 5.51. The van der Waals surface area contributed by atoms with Gasteiger partial charge in [0.1, 0.15) is 5.75 Å². The summed E-state index contributed by atoms with van der Waals surface area (Å²) in [6.45, 7) is 4.13. The number of carbonyl (C=O) groups excluding carboxylic acids is 1. The number of nitrogens with zero attached hydrogens (tertiary/aromatic N) is 2. The molecule has 0 spiro atoms. The minimum atomic E-state index is 0.0413. The van der Waals surface area contributed by atoms with E-state index in [4.69, 9.17) is 4.74 Å². The van der Waals surface area contributed by atoms with Gasteiger partial charge in [-0.25, -0.2) is 0 Å². The number of rotatable bonds is 2. The summed E-state index contributed by atoms with van der Waals surface area (Å²) in [7, 11) is 3.78. The van der Waals surface area contributed by atoms with E-state index in [0.717, 1.165) is 25.2 Å². The molecule has 2 aromatic rings. The lowest BCUT2D eigenvalue weighted by Gasteiger charge is -2.36. The average molecular weight is 336 g/mol. The zero-order valence-electron chi connectivity index (χ0n) is 15.0. The van der Waals surface area contributed by atoms with E-state index in [1.54, 1.807) is 7.11 Å². The molecule has 0 radical (unpaired) electrons. The van der Waals surface area contributed by atoms with Crippen LogP contribution in [0.3, 0.4) is 0 Å². The summed E-state index contributed by atoms with van der Waals surface area (Å²) < 4.78 is 5.43. The number of para-hydroxylation sites is 1. The van der Waals surface area contributed by atoms with Crippen LogP contribution in [0.25, 0.3) is 0 Å². The van der Waals surface area contributed by atoms with Gasteiger partial charge in [-0.15, -0.1) is 0 Å². The van der Waals surface area contributed by atoms with Gasteiger partial charge in [0.15, 0.2) is 0 Å². The standard InChI is InChI=1S/C21H24N2O2/c1-14-8-9-18-16(12-14)17-13-22(2)11-10-19(17)23(18)21(24)15-6-4-5-7-20(15)25-3/h4-9,12,17,19H,10-11,13H2,1-3H3/t17-,19-/m0/s1. The zero-order valence-corrected chi connectivity index (χ0v) is 15.0. The molecule has 4 nitrogen and oxygen atoms in total. The number of amides is 1. The van der Waals surface area contributed by atoms with E-state index in [2.05, 4.69) is 37.1 Å². The molecule has 1 saturated heterocycles. The number of hydrogen-bond acceptors (Lipinski definition) is 3. The van der Waals surface area contributed by atoms with E-state index in [1.165, 1.54) is 11.1 Å². The molecule has 2 aromatic carbocycles. The monoisotopic (exact) mass is 336 g/mol. The lowest BCUT2D eigenvalue weighted by atomic mass is 9.88. The molecule has 0 saturated carbocycles. The van der Waals surface area contributed by atoms with E-state index in [1.807, 2.05) is 29.2 Å². The maximum atomic E-state index is 13.4. The van der Waals surface area contributed by atoms with Crippen molar-refractivity contribution in [3.05, 3.63) is 59.2 Å². The summed E-state index contributed by atoms with van der Waals surface area (Å²) in [5.41, 5.74) is 4.25. The van der Waals surface area contributed by atoms with Crippen molar-refractivity contribution in [1.82, 2.24) is 4.90 Å². The molecule has 4 rings (SSSR count). The Morgan fingerprint density at radius 3 is 2.80 bits per heavy atom. The molecular weight excluding hydrogens is 312 g/mol. The number of benzene rings is 2. The number of piperidine rings is 1. The van der Waals surface area contributed by atoms with Crippen LogP contribution in [0.5, 0.6) is 5.75 Å². The van der Waals surface area contributed by atoms with Gasteiger partial charge in [-0.1, -0.05) is 29.8 Å². The van der Waals surface area contributed by atoms with E-state index in [-0.39, 0.29) is 11.9 Å². The molecule has 0 unspecified atom stereocenters. The van der Waals surface area contributed by atoms with Gasteiger partial charge in [-0.2, -0.15) is 0 Å². The third kappa shape index (κ3) is 2.61. The molecule has 0 aliphatic carbocycles. The van der Waals surface area contributed by atoms with E-state index in [0.29, 0.717) is 17.2 Å². The highest BCUT2D eigenvalue weighted by Gasteiger charge is 2.44. The van der Waals surface area contributed by atoms with Gasteiger partial charge in [0.2, 0.25) is 0 Å². The number of ether oxygens (including phenoxy) is 1. The number of aryl methyl sites for hydroxylation is 1. The zero-order chi connectivity index (χ0) is 17.6. The van der Waals surface area contributed by atoms with Crippen molar-refractivity contribution in [3.8, 4) is 5.75 Å². The summed E-state index contributed by atoms with van der Waals surface area (Å²) in [5.74, 6) is 1.06. The molecule has 25 heavy (non-hydrogen) atoms. The third-order valence-corrected chi connectivity index (χ3v) is 5.51. The normalized spacial score (nSPS) is 22.4. The lowest BCUT2D eigenvalue weighted by Crippen LogP contribution is -2.47. The number of methoxy groups -OCH3 is 1. The minimum absolute atomic E-state index is 0.0413. The minimum Gasteiger partial charge on any atom is -0.496 e. The van der Waals surface area contributed by atoms with Gasteiger partial charge in [0.25, 0.3) is 5.91 Å². The fraction of sp³-hybridized carbons (Fsp3) is 0.381. The molecule has 2 aliphatic heterocycles. The van der Waals surface area contributed by atoms with Crippen LogP contribution in [0, 0.1) is 6.92 Å². The largest absolute Gasteiger partial charge is 0.496 e. The maximum Gasteiger partial charge on any atom is 0.262 e. The van der Waals surface area contributed by atoms with Crippen molar-refractivity contribution in [2.45, 2.75) is 25.3 Å². The highest BCUT2D eigenvalue weighted by Crippen LogP contribution is 2.45. The summed E-state index contributed by atoms with van der Waals surface area (Å²) in [5, 5.41) is 0. The fourth-order valence-electron chi connectivity index (χ4n) is 4.30. The van der Waals surface area contributed by atoms with Crippen molar-refractivity contribution in [3.63, 3.8) is 0 Å². The molecule has 4 heteroatoms. The van der Waals surface area contributed by atoms with Gasteiger partial charge in [0.05, 0.1) is 12.7 Å². The lowest BCUT2D eigenvalue weighted by molar-refractivity contribution is 0.0961. The Balaban J connectivity index is 1.80. The van der Waals surface area contributed by atoms with Crippen molar-refractivity contribution in [2.24, 2.45) is 0 Å². The molecule has 2 aliphatic rings. The maximum absolute atomic E-state index is 13.4. The smallest absolute Gasteiger partial charge is 0.262 e. The quantitative estimate of drug-likeness (QED) is 0.842. The van der Waals surface area contributed by atoms with Crippen LogP contribution >= 0.6 is 0 Å². The van der Waals surface area contributed by atoms with E-state index >= 15 is 0 Å². The Labute approximate surface area is 149 Å². The first-order valence-corrected chi connectivity index (χ1v) is 8.86. The number of likely N-dealkylation sites (N-methyl/N-ethyl adjacent to an activating group) is 1. The number of fused-ring (bicyclic) bond motifs is 3. The van der Waals surface area contributed by atoms with Gasteiger partial charge >= 0.3 is 0 Å².